The second kappa shape index (κ2) is 5.61. The van der Waals surface area contributed by atoms with Crippen molar-refractivity contribution in [2.24, 2.45) is 0 Å². The van der Waals surface area contributed by atoms with Crippen molar-refractivity contribution in [1.82, 2.24) is 20.1 Å². The van der Waals surface area contributed by atoms with E-state index in [1.165, 1.54) is 12.4 Å². The predicted octanol–water partition coefficient (Wildman–Crippen LogP) is 2.85. The van der Waals surface area contributed by atoms with E-state index in [0.29, 0.717) is 0 Å². The Morgan fingerprint density at radius 1 is 1.55 bits per heavy atom. The maximum atomic E-state index is 13.8. The lowest BCUT2D eigenvalue weighted by atomic mass is 10.1. The number of hydrogen-bond acceptors (Lipinski definition) is 3. The van der Waals surface area contributed by atoms with Crippen molar-refractivity contribution in [3.05, 3.63) is 46.2 Å². The monoisotopic (exact) mass is 338 g/mol. The fraction of sp³-hybridized carbons (Fsp3) is 0.429. The molecule has 1 aliphatic carbocycles. The summed E-state index contributed by atoms with van der Waals surface area (Å²) < 4.78 is 16.6. The van der Waals surface area contributed by atoms with Gasteiger partial charge in [-0.3, -0.25) is 4.68 Å². The minimum atomic E-state index is -0.101. The van der Waals surface area contributed by atoms with Crippen LogP contribution in [0.15, 0.2) is 29.3 Å². The lowest BCUT2D eigenvalue weighted by Crippen LogP contribution is -2.33. The van der Waals surface area contributed by atoms with Crippen LogP contribution in [-0.2, 0) is 13.0 Å². The topological polar surface area (TPSA) is 42.7 Å². The highest BCUT2D eigenvalue weighted by atomic mass is 79.9. The molecule has 2 aromatic rings. The first-order valence-electron chi connectivity index (χ1n) is 6.70. The van der Waals surface area contributed by atoms with Gasteiger partial charge in [-0.05, 0) is 43.0 Å². The van der Waals surface area contributed by atoms with Gasteiger partial charge in [-0.15, -0.1) is 0 Å². The van der Waals surface area contributed by atoms with E-state index >= 15 is 0 Å². The van der Waals surface area contributed by atoms with Crippen molar-refractivity contribution in [2.75, 3.05) is 0 Å². The van der Waals surface area contributed by atoms with E-state index in [0.717, 1.165) is 35.0 Å². The molecule has 0 saturated carbocycles. The molecule has 106 valence electrons. The highest BCUT2D eigenvalue weighted by Crippen LogP contribution is 2.38. The van der Waals surface area contributed by atoms with Gasteiger partial charge in [0.1, 0.15) is 18.5 Å². The van der Waals surface area contributed by atoms with Gasteiger partial charge in [-0.1, -0.05) is 15.9 Å². The van der Waals surface area contributed by atoms with E-state index in [1.54, 1.807) is 17.1 Å². The molecule has 2 atom stereocenters. The summed E-state index contributed by atoms with van der Waals surface area (Å²) >= 11 is 3.54. The van der Waals surface area contributed by atoms with Crippen LogP contribution in [0.2, 0.25) is 0 Å². The van der Waals surface area contributed by atoms with Gasteiger partial charge in [0, 0.05) is 16.6 Å². The Kier molecular flexibility index (Phi) is 3.85. The highest BCUT2D eigenvalue weighted by molar-refractivity contribution is 9.10. The first-order valence-corrected chi connectivity index (χ1v) is 7.49. The Balaban J connectivity index is 1.73. The van der Waals surface area contributed by atoms with Gasteiger partial charge in [-0.25, -0.2) is 9.37 Å². The van der Waals surface area contributed by atoms with Crippen LogP contribution in [0, 0.1) is 5.82 Å². The number of halogens is 2. The van der Waals surface area contributed by atoms with E-state index in [9.17, 15) is 4.39 Å². The summed E-state index contributed by atoms with van der Waals surface area (Å²) in [5.41, 5.74) is 1.90. The first kappa shape index (κ1) is 13.7. The minimum absolute atomic E-state index is 0.101. The molecule has 0 radical (unpaired) electrons. The molecule has 1 aromatic heterocycles. The van der Waals surface area contributed by atoms with Crippen LogP contribution in [0.25, 0.3) is 0 Å². The number of fused-ring (bicyclic) bond motifs is 1. The number of rotatable bonds is 4. The molecule has 0 bridgehead atoms. The summed E-state index contributed by atoms with van der Waals surface area (Å²) in [6, 6.07) is 3.75. The van der Waals surface area contributed by atoms with Crippen LogP contribution in [0.1, 0.15) is 30.5 Å². The third-order valence-electron chi connectivity index (χ3n) is 3.69. The summed E-state index contributed by atoms with van der Waals surface area (Å²) in [4.78, 5) is 3.94. The van der Waals surface area contributed by atoms with Crippen molar-refractivity contribution in [3.63, 3.8) is 0 Å². The van der Waals surface area contributed by atoms with Crippen molar-refractivity contribution >= 4 is 15.9 Å². The Bertz CT molecular complexity index is 599. The number of hydrogen-bond donors (Lipinski definition) is 1. The number of aromatic nitrogens is 3. The number of benzene rings is 1. The molecule has 3 rings (SSSR count). The molecule has 1 aromatic carbocycles. The Hall–Kier alpha value is -1.27. The summed E-state index contributed by atoms with van der Waals surface area (Å²) in [6.45, 7) is 2.85. The van der Waals surface area contributed by atoms with E-state index in [2.05, 4.69) is 38.3 Å². The smallest absolute Gasteiger partial charge is 0.137 e. The molecular formula is C14H16BrFN4. The molecule has 0 aliphatic heterocycles. The van der Waals surface area contributed by atoms with Gasteiger partial charge in [-0.2, -0.15) is 5.10 Å². The normalized spacial score (nSPS) is 19.1. The summed E-state index contributed by atoms with van der Waals surface area (Å²) in [5, 5.41) is 7.66. The van der Waals surface area contributed by atoms with E-state index in [-0.39, 0.29) is 17.9 Å². The van der Waals surface area contributed by atoms with Gasteiger partial charge < -0.3 is 5.32 Å². The molecule has 4 nitrogen and oxygen atoms in total. The van der Waals surface area contributed by atoms with E-state index in [1.807, 2.05) is 0 Å². The van der Waals surface area contributed by atoms with Gasteiger partial charge in [0.15, 0.2) is 0 Å². The SMILES string of the molecule is CC(Cn1cncn1)NC1CCc2c(F)ccc(Br)c21. The Labute approximate surface area is 125 Å². The van der Waals surface area contributed by atoms with Crippen LogP contribution < -0.4 is 5.32 Å². The summed E-state index contributed by atoms with van der Waals surface area (Å²) in [5.74, 6) is -0.101. The molecule has 1 aliphatic rings. The van der Waals surface area contributed by atoms with Crippen LogP contribution in [-0.4, -0.2) is 20.8 Å². The van der Waals surface area contributed by atoms with E-state index in [4.69, 9.17) is 0 Å². The summed E-state index contributed by atoms with van der Waals surface area (Å²) in [7, 11) is 0. The molecule has 0 spiro atoms. The zero-order chi connectivity index (χ0) is 14.1. The maximum Gasteiger partial charge on any atom is 0.137 e. The lowest BCUT2D eigenvalue weighted by molar-refractivity contribution is 0.397. The van der Waals surface area contributed by atoms with Crippen LogP contribution in [0.5, 0.6) is 0 Å². The minimum Gasteiger partial charge on any atom is -0.306 e. The molecular weight excluding hydrogens is 323 g/mol. The zero-order valence-corrected chi connectivity index (χ0v) is 12.8. The average molecular weight is 339 g/mol. The van der Waals surface area contributed by atoms with Gasteiger partial charge in [0.05, 0.1) is 6.54 Å². The molecule has 1 heterocycles. The second-order valence-electron chi connectivity index (χ2n) is 5.20. The molecule has 20 heavy (non-hydrogen) atoms. The van der Waals surface area contributed by atoms with Crippen molar-refractivity contribution in [1.29, 1.82) is 0 Å². The quantitative estimate of drug-likeness (QED) is 0.932. The highest BCUT2D eigenvalue weighted by Gasteiger charge is 2.28. The Morgan fingerprint density at radius 3 is 3.15 bits per heavy atom. The van der Waals surface area contributed by atoms with Gasteiger partial charge >= 0.3 is 0 Å². The average Bonchev–Trinajstić information content (AvgIpc) is 3.04. The maximum absolute atomic E-state index is 13.8. The zero-order valence-electron chi connectivity index (χ0n) is 11.2. The van der Waals surface area contributed by atoms with Gasteiger partial charge in [0.2, 0.25) is 0 Å². The third kappa shape index (κ3) is 2.62. The van der Waals surface area contributed by atoms with Crippen LogP contribution in [0.4, 0.5) is 4.39 Å². The number of nitrogens with zero attached hydrogens (tertiary/aromatic N) is 3. The summed E-state index contributed by atoms with van der Waals surface area (Å²) in [6.07, 6.45) is 4.95. The van der Waals surface area contributed by atoms with Gasteiger partial charge in [0.25, 0.3) is 0 Å². The van der Waals surface area contributed by atoms with Crippen molar-refractivity contribution in [3.8, 4) is 0 Å². The third-order valence-corrected chi connectivity index (χ3v) is 4.38. The fourth-order valence-corrected chi connectivity index (χ4v) is 3.49. The lowest BCUT2D eigenvalue weighted by Gasteiger charge is -2.21. The first-order chi connectivity index (χ1) is 9.65. The number of nitrogens with one attached hydrogen (secondary N) is 1. The molecule has 0 fully saturated rings. The second-order valence-corrected chi connectivity index (χ2v) is 6.05. The molecule has 0 amide bonds. The molecule has 2 unspecified atom stereocenters. The standard InChI is InChI=1S/C14H16BrFN4/c1-9(6-20-8-17-7-18-20)19-13-5-2-10-12(16)4-3-11(15)14(10)13/h3-4,7-9,13,19H,2,5-6H2,1H3. The molecule has 1 N–H and O–H groups in total. The fourth-order valence-electron chi connectivity index (χ4n) is 2.84. The van der Waals surface area contributed by atoms with E-state index < -0.39 is 0 Å². The van der Waals surface area contributed by atoms with Crippen LogP contribution in [0.3, 0.4) is 0 Å². The largest absolute Gasteiger partial charge is 0.306 e. The Morgan fingerprint density at radius 2 is 2.40 bits per heavy atom. The van der Waals surface area contributed by atoms with Crippen molar-refractivity contribution in [2.45, 2.75) is 38.4 Å². The molecule has 0 saturated heterocycles. The molecule has 6 heteroatoms. The predicted molar refractivity (Wildman–Crippen MR) is 77.8 cm³/mol. The van der Waals surface area contributed by atoms with Crippen molar-refractivity contribution < 1.29 is 4.39 Å². The van der Waals surface area contributed by atoms with Crippen LogP contribution >= 0.6 is 15.9 Å².